The van der Waals surface area contributed by atoms with Crippen molar-refractivity contribution in [3.05, 3.63) is 0 Å². The summed E-state index contributed by atoms with van der Waals surface area (Å²) >= 11 is 0. The molecular weight excluding hydrogens is 244 g/mol. The fourth-order valence-corrected chi connectivity index (χ4v) is 1.47. The number of nitrogen functional groups attached to an aromatic ring is 1. The van der Waals surface area contributed by atoms with E-state index in [1.807, 2.05) is 13.8 Å². The molecule has 1 heterocycles. The van der Waals surface area contributed by atoms with Crippen LogP contribution in [0.15, 0.2) is 0 Å². The van der Waals surface area contributed by atoms with Gasteiger partial charge in [0.15, 0.2) is 0 Å². The fourth-order valence-electron chi connectivity index (χ4n) is 1.47. The van der Waals surface area contributed by atoms with Gasteiger partial charge in [-0.2, -0.15) is 15.0 Å². The molecule has 0 unspecified atom stereocenters. The van der Waals surface area contributed by atoms with Gasteiger partial charge < -0.3 is 10.1 Å². The van der Waals surface area contributed by atoms with Crippen LogP contribution in [0.3, 0.4) is 0 Å². The number of nitrogens with one attached hydrogen (secondary N) is 2. The Hall–Kier alpha value is -1.63. The maximum Gasteiger partial charge on any atom is 0.323 e. The first-order chi connectivity index (χ1) is 9.01. The maximum atomic E-state index is 5.44. The Bertz CT molecular complexity index is 382. The quantitative estimate of drug-likeness (QED) is 0.375. The highest BCUT2D eigenvalue weighted by Crippen LogP contribution is 2.12. The molecule has 0 fully saturated rings. The van der Waals surface area contributed by atoms with Gasteiger partial charge in [-0.1, -0.05) is 13.8 Å². The van der Waals surface area contributed by atoms with Crippen LogP contribution < -0.4 is 21.3 Å². The largest absolute Gasteiger partial charge is 0.461 e. The molecule has 7 nitrogen and oxygen atoms in total. The summed E-state index contributed by atoms with van der Waals surface area (Å²) in [4.78, 5) is 12.3. The standard InChI is InChI=1S/C12H24N6O/c1-8(2)6-5-7-14-10-15-11(18-13)17-12(16-10)19-9(3)4/h8-9H,5-7,13H2,1-4H3,(H2,14,15,16,17,18). The summed E-state index contributed by atoms with van der Waals surface area (Å²) in [6.07, 6.45) is 2.23. The Balaban J connectivity index is 2.60. The van der Waals surface area contributed by atoms with Crippen LogP contribution in [0.1, 0.15) is 40.5 Å². The molecule has 0 saturated carbocycles. The monoisotopic (exact) mass is 268 g/mol. The van der Waals surface area contributed by atoms with Crippen molar-refractivity contribution in [2.75, 3.05) is 17.3 Å². The zero-order valence-electron chi connectivity index (χ0n) is 12.1. The zero-order valence-corrected chi connectivity index (χ0v) is 12.1. The average molecular weight is 268 g/mol. The van der Waals surface area contributed by atoms with Crippen LogP contribution in [0.5, 0.6) is 6.01 Å². The molecule has 0 amide bonds. The Morgan fingerprint density at radius 2 is 1.79 bits per heavy atom. The predicted octanol–water partition coefficient (Wildman–Crippen LogP) is 1.79. The summed E-state index contributed by atoms with van der Waals surface area (Å²) in [5, 5.41) is 3.15. The van der Waals surface area contributed by atoms with Crippen LogP contribution in [0.4, 0.5) is 11.9 Å². The van der Waals surface area contributed by atoms with Gasteiger partial charge in [-0.25, -0.2) is 5.84 Å². The molecule has 0 atom stereocenters. The molecule has 0 aliphatic rings. The van der Waals surface area contributed by atoms with Gasteiger partial charge in [-0.15, -0.1) is 0 Å². The van der Waals surface area contributed by atoms with Gasteiger partial charge in [0.1, 0.15) is 0 Å². The summed E-state index contributed by atoms with van der Waals surface area (Å²) in [6, 6.07) is 0.268. The van der Waals surface area contributed by atoms with Crippen molar-refractivity contribution in [3.63, 3.8) is 0 Å². The van der Waals surface area contributed by atoms with Crippen LogP contribution in [0, 0.1) is 5.92 Å². The number of nitrogens with zero attached hydrogens (tertiary/aromatic N) is 3. The highest BCUT2D eigenvalue weighted by Gasteiger charge is 2.08. The van der Waals surface area contributed by atoms with E-state index >= 15 is 0 Å². The SMILES string of the molecule is CC(C)CCCNc1nc(NN)nc(OC(C)C)n1. The Morgan fingerprint density at radius 3 is 2.37 bits per heavy atom. The summed E-state index contributed by atoms with van der Waals surface area (Å²) < 4.78 is 5.44. The van der Waals surface area contributed by atoms with E-state index in [0.717, 1.165) is 19.4 Å². The number of hydrazine groups is 1. The smallest absolute Gasteiger partial charge is 0.323 e. The molecule has 0 saturated heterocycles. The van der Waals surface area contributed by atoms with Gasteiger partial charge >= 0.3 is 6.01 Å². The highest BCUT2D eigenvalue weighted by atomic mass is 16.5. The van der Waals surface area contributed by atoms with Gasteiger partial charge in [0.05, 0.1) is 6.10 Å². The number of rotatable bonds is 8. The van der Waals surface area contributed by atoms with Crippen molar-refractivity contribution in [2.45, 2.75) is 46.6 Å². The molecule has 0 aliphatic carbocycles. The van der Waals surface area contributed by atoms with Crippen LogP contribution in [0.2, 0.25) is 0 Å². The Labute approximate surface area is 114 Å². The first kappa shape index (κ1) is 15.4. The molecule has 0 aromatic carbocycles. The summed E-state index contributed by atoms with van der Waals surface area (Å²) in [7, 11) is 0. The van der Waals surface area contributed by atoms with Gasteiger partial charge in [0.25, 0.3) is 0 Å². The molecule has 1 rings (SSSR count). The van der Waals surface area contributed by atoms with Gasteiger partial charge in [0, 0.05) is 6.54 Å². The summed E-state index contributed by atoms with van der Waals surface area (Å²) in [6.45, 7) is 9.04. The predicted molar refractivity (Wildman–Crippen MR) is 76.0 cm³/mol. The van der Waals surface area contributed by atoms with E-state index in [9.17, 15) is 0 Å². The second-order valence-corrected chi connectivity index (χ2v) is 5.04. The van der Waals surface area contributed by atoms with E-state index in [4.69, 9.17) is 10.6 Å². The van der Waals surface area contributed by atoms with Crippen molar-refractivity contribution < 1.29 is 4.74 Å². The molecule has 1 aromatic heterocycles. The first-order valence-electron chi connectivity index (χ1n) is 6.64. The Morgan fingerprint density at radius 1 is 1.11 bits per heavy atom. The molecular formula is C12H24N6O. The van der Waals surface area contributed by atoms with Crippen molar-refractivity contribution in [3.8, 4) is 6.01 Å². The molecule has 7 heteroatoms. The molecule has 0 aliphatic heterocycles. The molecule has 108 valence electrons. The Kier molecular flexibility index (Phi) is 6.27. The molecule has 0 spiro atoms. The zero-order chi connectivity index (χ0) is 14.3. The van der Waals surface area contributed by atoms with Gasteiger partial charge in [0.2, 0.25) is 11.9 Å². The lowest BCUT2D eigenvalue weighted by atomic mass is 10.1. The van der Waals surface area contributed by atoms with E-state index in [0.29, 0.717) is 11.9 Å². The minimum Gasteiger partial charge on any atom is -0.461 e. The average Bonchev–Trinajstić information content (AvgIpc) is 2.33. The van der Waals surface area contributed by atoms with Crippen LogP contribution >= 0.6 is 0 Å². The lowest BCUT2D eigenvalue weighted by Crippen LogP contribution is -2.16. The van der Waals surface area contributed by atoms with Crippen LogP contribution in [0.25, 0.3) is 0 Å². The van der Waals surface area contributed by atoms with Crippen molar-refractivity contribution in [1.29, 1.82) is 0 Å². The molecule has 4 N–H and O–H groups in total. The molecule has 0 radical (unpaired) electrons. The van der Waals surface area contributed by atoms with Gasteiger partial charge in [-0.3, -0.25) is 5.43 Å². The number of ether oxygens (including phenoxy) is 1. The molecule has 0 bridgehead atoms. The number of hydrogen-bond acceptors (Lipinski definition) is 7. The minimum absolute atomic E-state index is 0.00168. The normalized spacial score (nSPS) is 10.9. The number of aromatic nitrogens is 3. The van der Waals surface area contributed by atoms with Crippen LogP contribution in [-0.2, 0) is 0 Å². The lowest BCUT2D eigenvalue weighted by Gasteiger charge is -2.11. The molecule has 19 heavy (non-hydrogen) atoms. The first-order valence-corrected chi connectivity index (χ1v) is 6.64. The van der Waals surface area contributed by atoms with E-state index in [-0.39, 0.29) is 18.1 Å². The topological polar surface area (TPSA) is 98.0 Å². The van der Waals surface area contributed by atoms with E-state index in [1.165, 1.54) is 0 Å². The third-order valence-corrected chi connectivity index (χ3v) is 2.33. The van der Waals surface area contributed by atoms with Crippen LogP contribution in [-0.4, -0.2) is 27.6 Å². The van der Waals surface area contributed by atoms with Crippen molar-refractivity contribution in [1.82, 2.24) is 15.0 Å². The number of anilines is 2. The lowest BCUT2D eigenvalue weighted by molar-refractivity contribution is 0.222. The second kappa shape index (κ2) is 7.73. The van der Waals surface area contributed by atoms with E-state index < -0.39 is 0 Å². The maximum absolute atomic E-state index is 5.44. The fraction of sp³-hybridized carbons (Fsp3) is 0.750. The minimum atomic E-state index is 0.00168. The number of nitrogens with two attached hydrogens (primary N) is 1. The van der Waals surface area contributed by atoms with E-state index in [1.54, 1.807) is 0 Å². The van der Waals surface area contributed by atoms with Crippen molar-refractivity contribution in [2.24, 2.45) is 11.8 Å². The van der Waals surface area contributed by atoms with Gasteiger partial charge in [-0.05, 0) is 32.6 Å². The number of hydrogen-bond donors (Lipinski definition) is 3. The summed E-state index contributed by atoms with van der Waals surface area (Å²) in [5.74, 6) is 6.79. The third kappa shape index (κ3) is 6.19. The van der Waals surface area contributed by atoms with Crippen molar-refractivity contribution >= 4 is 11.9 Å². The van der Waals surface area contributed by atoms with E-state index in [2.05, 4.69) is 39.5 Å². The second-order valence-electron chi connectivity index (χ2n) is 5.04. The summed E-state index contributed by atoms with van der Waals surface area (Å²) in [5.41, 5.74) is 2.41. The third-order valence-electron chi connectivity index (χ3n) is 2.33. The highest BCUT2D eigenvalue weighted by molar-refractivity contribution is 5.34. The molecule has 1 aromatic rings.